The van der Waals surface area contributed by atoms with Crippen LogP contribution in [-0.2, 0) is 0 Å². The van der Waals surface area contributed by atoms with Crippen LogP contribution in [0.25, 0.3) is 11.0 Å². The number of benzene rings is 1. The van der Waals surface area contributed by atoms with E-state index in [0.717, 1.165) is 0 Å². The van der Waals surface area contributed by atoms with E-state index in [-0.39, 0.29) is 10.2 Å². The maximum atomic E-state index is 11.2. The van der Waals surface area contributed by atoms with Gasteiger partial charge >= 0.3 is 0 Å². The normalized spacial score (nSPS) is 10.0. The van der Waals surface area contributed by atoms with E-state index in [1.54, 1.807) is 18.2 Å². The van der Waals surface area contributed by atoms with Crippen molar-refractivity contribution in [3.05, 3.63) is 38.7 Å². The molecular formula is C9H4BrN3O. The van der Waals surface area contributed by atoms with Gasteiger partial charge in [-0.25, -0.2) is 4.98 Å². The van der Waals surface area contributed by atoms with Gasteiger partial charge in [0.05, 0.1) is 22.7 Å². The van der Waals surface area contributed by atoms with Gasteiger partial charge in [-0.3, -0.25) is 4.79 Å². The molecule has 0 saturated carbocycles. The summed E-state index contributed by atoms with van der Waals surface area (Å²) < 4.78 is 0.245. The van der Waals surface area contributed by atoms with E-state index in [1.165, 1.54) is 0 Å². The summed E-state index contributed by atoms with van der Waals surface area (Å²) in [6.07, 6.45) is 0. The lowest BCUT2D eigenvalue weighted by Crippen LogP contribution is -2.08. The molecule has 0 aliphatic carbocycles. The number of aromatic nitrogens is 2. The lowest BCUT2D eigenvalue weighted by atomic mass is 10.2. The molecule has 1 aromatic heterocycles. The molecule has 1 aromatic carbocycles. The molecular weight excluding hydrogens is 246 g/mol. The summed E-state index contributed by atoms with van der Waals surface area (Å²) in [6.45, 7) is 0. The van der Waals surface area contributed by atoms with Gasteiger partial charge in [0.25, 0.3) is 5.56 Å². The van der Waals surface area contributed by atoms with Crippen molar-refractivity contribution in [2.45, 2.75) is 0 Å². The Balaban J connectivity index is 2.85. The molecule has 5 heteroatoms. The van der Waals surface area contributed by atoms with Crippen molar-refractivity contribution in [2.24, 2.45) is 0 Å². The molecule has 0 spiro atoms. The summed E-state index contributed by atoms with van der Waals surface area (Å²) >= 11 is 3.03. The zero-order valence-corrected chi connectivity index (χ0v) is 8.50. The second-order valence-corrected chi connectivity index (χ2v) is 3.45. The number of nitrogens with one attached hydrogen (secondary N) is 1. The van der Waals surface area contributed by atoms with Crippen LogP contribution in [0.15, 0.2) is 27.6 Å². The van der Waals surface area contributed by atoms with Crippen molar-refractivity contribution in [2.75, 3.05) is 0 Å². The van der Waals surface area contributed by atoms with Gasteiger partial charge in [-0.15, -0.1) is 0 Å². The Morgan fingerprint density at radius 2 is 2.29 bits per heavy atom. The third-order valence-corrected chi connectivity index (χ3v) is 2.32. The fourth-order valence-corrected chi connectivity index (χ4v) is 1.42. The largest absolute Gasteiger partial charge is 0.318 e. The van der Waals surface area contributed by atoms with Gasteiger partial charge in [0.2, 0.25) is 0 Å². The number of aromatic amines is 1. The number of hydrogen-bond donors (Lipinski definition) is 1. The quantitative estimate of drug-likeness (QED) is 0.771. The Bertz CT molecular complexity index is 597. The second-order valence-electron chi connectivity index (χ2n) is 2.70. The molecule has 2 aromatic rings. The Kier molecular flexibility index (Phi) is 2.06. The van der Waals surface area contributed by atoms with Crippen LogP contribution in [0, 0.1) is 11.3 Å². The second kappa shape index (κ2) is 3.24. The Labute approximate surface area is 87.3 Å². The van der Waals surface area contributed by atoms with Crippen LogP contribution in [0.5, 0.6) is 0 Å². The molecule has 0 amide bonds. The minimum Gasteiger partial charge on any atom is -0.318 e. The summed E-state index contributed by atoms with van der Waals surface area (Å²) in [5.74, 6) is 0. The number of H-pyrrole nitrogens is 1. The van der Waals surface area contributed by atoms with E-state index in [4.69, 9.17) is 5.26 Å². The van der Waals surface area contributed by atoms with Gasteiger partial charge in [-0.05, 0) is 34.1 Å². The molecule has 0 aliphatic heterocycles. The Morgan fingerprint density at radius 1 is 1.50 bits per heavy atom. The van der Waals surface area contributed by atoms with Crippen molar-refractivity contribution in [3.8, 4) is 6.07 Å². The Hall–Kier alpha value is -1.67. The van der Waals surface area contributed by atoms with Crippen molar-refractivity contribution in [1.29, 1.82) is 5.26 Å². The number of nitriles is 1. The van der Waals surface area contributed by atoms with E-state index in [2.05, 4.69) is 25.9 Å². The van der Waals surface area contributed by atoms with E-state index >= 15 is 0 Å². The van der Waals surface area contributed by atoms with Gasteiger partial charge in [0.15, 0.2) is 4.60 Å². The lowest BCUT2D eigenvalue weighted by Gasteiger charge is -1.97. The molecule has 0 saturated heterocycles. The topological polar surface area (TPSA) is 69.5 Å². The fraction of sp³-hybridized carbons (Fsp3) is 0. The van der Waals surface area contributed by atoms with E-state index in [9.17, 15) is 4.79 Å². The van der Waals surface area contributed by atoms with Gasteiger partial charge in [-0.1, -0.05) is 0 Å². The molecule has 0 atom stereocenters. The average molecular weight is 250 g/mol. The minimum absolute atomic E-state index is 0.245. The lowest BCUT2D eigenvalue weighted by molar-refractivity contribution is 1.17. The third-order valence-electron chi connectivity index (χ3n) is 1.78. The molecule has 14 heavy (non-hydrogen) atoms. The first-order valence-electron chi connectivity index (χ1n) is 3.80. The molecule has 1 N–H and O–H groups in total. The van der Waals surface area contributed by atoms with Crippen LogP contribution < -0.4 is 5.56 Å². The highest BCUT2D eigenvalue weighted by Gasteiger charge is 2.01. The van der Waals surface area contributed by atoms with Crippen molar-refractivity contribution >= 4 is 27.0 Å². The Morgan fingerprint density at radius 3 is 3.00 bits per heavy atom. The van der Waals surface area contributed by atoms with Crippen LogP contribution in [0.4, 0.5) is 0 Å². The standard InChI is InChI=1S/C9H4BrN3O/c10-8-9(14)13-7-3-5(4-11)1-2-6(7)12-8/h1-3H,(H,13,14). The zero-order valence-electron chi connectivity index (χ0n) is 6.91. The maximum Gasteiger partial charge on any atom is 0.281 e. The van der Waals surface area contributed by atoms with Gasteiger partial charge in [-0.2, -0.15) is 5.26 Å². The van der Waals surface area contributed by atoms with Crippen molar-refractivity contribution < 1.29 is 0 Å². The number of fused-ring (bicyclic) bond motifs is 1. The van der Waals surface area contributed by atoms with Crippen LogP contribution in [0.3, 0.4) is 0 Å². The van der Waals surface area contributed by atoms with E-state index in [1.807, 2.05) is 6.07 Å². The monoisotopic (exact) mass is 249 g/mol. The molecule has 68 valence electrons. The van der Waals surface area contributed by atoms with E-state index < -0.39 is 0 Å². The van der Waals surface area contributed by atoms with Crippen LogP contribution in [-0.4, -0.2) is 9.97 Å². The first kappa shape index (κ1) is 8.91. The highest BCUT2D eigenvalue weighted by atomic mass is 79.9. The summed E-state index contributed by atoms with van der Waals surface area (Å²) in [6, 6.07) is 6.93. The number of halogens is 1. The molecule has 0 aliphatic rings. The number of hydrogen-bond acceptors (Lipinski definition) is 3. The number of nitrogens with zero attached hydrogens (tertiary/aromatic N) is 2. The molecule has 0 unspecified atom stereocenters. The third kappa shape index (κ3) is 1.40. The molecule has 0 radical (unpaired) electrons. The molecule has 0 bridgehead atoms. The highest BCUT2D eigenvalue weighted by molar-refractivity contribution is 9.10. The predicted molar refractivity (Wildman–Crippen MR) is 54.8 cm³/mol. The van der Waals surface area contributed by atoms with Crippen LogP contribution >= 0.6 is 15.9 Å². The summed E-state index contributed by atoms with van der Waals surface area (Å²) in [5, 5.41) is 8.65. The maximum absolute atomic E-state index is 11.2. The SMILES string of the molecule is N#Cc1ccc2nc(Br)c(=O)[nH]c2c1. The predicted octanol–water partition coefficient (Wildman–Crippen LogP) is 1.56. The van der Waals surface area contributed by atoms with Gasteiger partial charge < -0.3 is 4.98 Å². The first-order chi connectivity index (χ1) is 6.70. The minimum atomic E-state index is -0.299. The summed E-state index contributed by atoms with van der Waals surface area (Å²) in [5.41, 5.74) is 1.41. The fourth-order valence-electron chi connectivity index (χ4n) is 1.13. The molecule has 2 rings (SSSR count). The highest BCUT2D eigenvalue weighted by Crippen LogP contribution is 2.11. The smallest absolute Gasteiger partial charge is 0.281 e. The summed E-state index contributed by atoms with van der Waals surface area (Å²) in [4.78, 5) is 17.8. The molecule has 0 fully saturated rings. The molecule has 1 heterocycles. The molecule has 4 nitrogen and oxygen atoms in total. The van der Waals surface area contributed by atoms with E-state index in [0.29, 0.717) is 16.6 Å². The van der Waals surface area contributed by atoms with Crippen LogP contribution in [0.2, 0.25) is 0 Å². The van der Waals surface area contributed by atoms with Crippen LogP contribution in [0.1, 0.15) is 5.56 Å². The van der Waals surface area contributed by atoms with Crippen molar-refractivity contribution in [3.63, 3.8) is 0 Å². The summed E-state index contributed by atoms with van der Waals surface area (Å²) in [7, 11) is 0. The average Bonchev–Trinajstić information content (AvgIpc) is 2.19. The van der Waals surface area contributed by atoms with Crippen molar-refractivity contribution in [1.82, 2.24) is 9.97 Å². The number of rotatable bonds is 0. The first-order valence-corrected chi connectivity index (χ1v) is 4.59. The van der Waals surface area contributed by atoms with Gasteiger partial charge in [0, 0.05) is 0 Å². The zero-order chi connectivity index (χ0) is 10.1. The van der Waals surface area contributed by atoms with Gasteiger partial charge in [0.1, 0.15) is 0 Å².